The molecule has 2 aromatic carbocycles. The van der Waals surface area contributed by atoms with Gasteiger partial charge in [-0.1, -0.05) is 30.3 Å². The van der Waals surface area contributed by atoms with Gasteiger partial charge in [0.2, 0.25) is 0 Å². The van der Waals surface area contributed by atoms with Crippen LogP contribution in [0.4, 0.5) is 5.69 Å². The lowest BCUT2D eigenvalue weighted by Crippen LogP contribution is -2.25. The van der Waals surface area contributed by atoms with Gasteiger partial charge in [0.25, 0.3) is 5.91 Å². The van der Waals surface area contributed by atoms with E-state index in [9.17, 15) is 14.4 Å². The van der Waals surface area contributed by atoms with Crippen molar-refractivity contribution in [1.82, 2.24) is 0 Å². The Bertz CT molecular complexity index is 842. The first-order valence-corrected chi connectivity index (χ1v) is 7.61. The molecular weight excluding hydrogens is 322 g/mol. The monoisotopic (exact) mass is 337 g/mol. The first-order chi connectivity index (χ1) is 12.1. The van der Waals surface area contributed by atoms with Crippen LogP contribution in [-0.4, -0.2) is 30.9 Å². The molecule has 0 aliphatic carbocycles. The molecule has 3 rings (SSSR count). The minimum Gasteiger partial charge on any atom is -0.482 e. The van der Waals surface area contributed by atoms with Crippen molar-refractivity contribution in [1.29, 1.82) is 0 Å². The van der Waals surface area contributed by atoms with Crippen LogP contribution in [0, 0.1) is 0 Å². The molecule has 0 saturated carbocycles. The Morgan fingerprint density at radius 3 is 2.76 bits per heavy atom. The fourth-order valence-electron chi connectivity index (χ4n) is 2.25. The largest absolute Gasteiger partial charge is 0.482 e. The first-order valence-electron chi connectivity index (χ1n) is 7.61. The first kappa shape index (κ1) is 16.4. The summed E-state index contributed by atoms with van der Waals surface area (Å²) in [6.07, 6.45) is 2.88. The zero-order valence-corrected chi connectivity index (χ0v) is 13.2. The Kier molecular flexibility index (Phi) is 4.89. The maximum atomic E-state index is 12.1. The van der Waals surface area contributed by atoms with Gasteiger partial charge in [0.15, 0.2) is 19.0 Å². The molecule has 0 unspecified atom stereocenters. The minimum atomic E-state index is -0.605. The van der Waals surface area contributed by atoms with E-state index in [0.29, 0.717) is 17.0 Å². The van der Waals surface area contributed by atoms with Crippen LogP contribution in [0.15, 0.2) is 54.6 Å². The number of benzene rings is 2. The number of hydrogen-bond donors (Lipinski definition) is 1. The third kappa shape index (κ3) is 4.32. The fourth-order valence-corrected chi connectivity index (χ4v) is 2.25. The summed E-state index contributed by atoms with van der Waals surface area (Å²) >= 11 is 0. The van der Waals surface area contributed by atoms with Gasteiger partial charge in [0, 0.05) is 11.6 Å². The molecule has 1 aliphatic rings. The van der Waals surface area contributed by atoms with Crippen molar-refractivity contribution in [2.24, 2.45) is 0 Å². The third-order valence-corrected chi connectivity index (χ3v) is 3.49. The average Bonchev–Trinajstić information content (AvgIpc) is 2.64. The van der Waals surface area contributed by atoms with E-state index in [2.05, 4.69) is 5.32 Å². The topological polar surface area (TPSA) is 81.7 Å². The molecule has 0 bridgehead atoms. The van der Waals surface area contributed by atoms with E-state index in [0.717, 1.165) is 5.56 Å². The van der Waals surface area contributed by atoms with Crippen molar-refractivity contribution < 1.29 is 23.9 Å². The van der Waals surface area contributed by atoms with E-state index >= 15 is 0 Å². The van der Waals surface area contributed by atoms with E-state index in [1.165, 1.54) is 12.1 Å². The second-order valence-corrected chi connectivity index (χ2v) is 5.32. The normalized spacial score (nSPS) is 12.9. The summed E-state index contributed by atoms with van der Waals surface area (Å²) in [6.45, 7) is -0.433. The van der Waals surface area contributed by atoms with Crippen LogP contribution in [0.2, 0.25) is 0 Å². The molecule has 25 heavy (non-hydrogen) atoms. The number of carbonyl (C=O) groups excluding carboxylic acids is 3. The third-order valence-electron chi connectivity index (χ3n) is 3.49. The van der Waals surface area contributed by atoms with E-state index in [-0.39, 0.29) is 24.9 Å². The molecule has 126 valence electrons. The molecule has 0 spiro atoms. The van der Waals surface area contributed by atoms with Crippen LogP contribution < -0.4 is 10.1 Å². The molecule has 0 atom stereocenters. The second kappa shape index (κ2) is 7.44. The van der Waals surface area contributed by atoms with Crippen molar-refractivity contribution in [3.8, 4) is 5.75 Å². The standard InChI is InChI=1S/C19H15NO5/c21-16(11-25-19(23)9-6-13-4-2-1-3-5-13)14-7-8-17-15(10-14)20-18(22)12-24-17/h1-10H,11-12H2,(H,20,22)/b9-6+. The van der Waals surface area contributed by atoms with Gasteiger partial charge < -0.3 is 14.8 Å². The molecular formula is C19H15NO5. The van der Waals surface area contributed by atoms with Crippen molar-refractivity contribution in [3.63, 3.8) is 0 Å². The summed E-state index contributed by atoms with van der Waals surface area (Å²) in [7, 11) is 0. The molecule has 0 aromatic heterocycles. The number of Topliss-reactive ketones (excluding diaryl/α,β-unsaturated/α-hetero) is 1. The summed E-state index contributed by atoms with van der Waals surface area (Å²) < 4.78 is 10.2. The number of ether oxygens (including phenoxy) is 2. The summed E-state index contributed by atoms with van der Waals surface area (Å²) in [5.74, 6) is -0.760. The number of nitrogens with one attached hydrogen (secondary N) is 1. The molecule has 1 amide bonds. The highest BCUT2D eigenvalue weighted by atomic mass is 16.5. The van der Waals surface area contributed by atoms with Gasteiger partial charge in [-0.3, -0.25) is 9.59 Å². The molecule has 2 aromatic rings. The van der Waals surface area contributed by atoms with Gasteiger partial charge in [-0.15, -0.1) is 0 Å². The predicted molar refractivity (Wildman–Crippen MR) is 91.3 cm³/mol. The lowest BCUT2D eigenvalue weighted by Gasteiger charge is -2.18. The summed E-state index contributed by atoms with van der Waals surface area (Å²) in [6, 6.07) is 13.9. The van der Waals surface area contributed by atoms with Crippen LogP contribution in [0.1, 0.15) is 15.9 Å². The van der Waals surface area contributed by atoms with E-state index in [1.54, 1.807) is 18.2 Å². The quantitative estimate of drug-likeness (QED) is 0.515. The zero-order valence-electron chi connectivity index (χ0n) is 13.2. The van der Waals surface area contributed by atoms with Crippen molar-refractivity contribution in [3.05, 3.63) is 65.7 Å². The maximum absolute atomic E-state index is 12.1. The molecule has 0 fully saturated rings. The Labute approximate surface area is 144 Å². The number of esters is 1. The molecule has 1 heterocycles. The van der Waals surface area contributed by atoms with E-state index in [4.69, 9.17) is 9.47 Å². The Morgan fingerprint density at radius 2 is 1.96 bits per heavy atom. The number of rotatable bonds is 5. The number of carbonyl (C=O) groups is 3. The summed E-state index contributed by atoms with van der Waals surface area (Å²) in [5, 5.41) is 2.62. The van der Waals surface area contributed by atoms with Gasteiger partial charge >= 0.3 is 5.97 Å². The number of anilines is 1. The smallest absolute Gasteiger partial charge is 0.331 e. The highest BCUT2D eigenvalue weighted by molar-refractivity contribution is 6.02. The van der Waals surface area contributed by atoms with Crippen LogP contribution in [0.5, 0.6) is 5.75 Å². The highest BCUT2D eigenvalue weighted by Crippen LogP contribution is 2.28. The number of ketones is 1. The Balaban J connectivity index is 1.57. The highest BCUT2D eigenvalue weighted by Gasteiger charge is 2.18. The van der Waals surface area contributed by atoms with Gasteiger partial charge in [-0.25, -0.2) is 4.79 Å². The number of amides is 1. The van der Waals surface area contributed by atoms with Crippen LogP contribution in [0.3, 0.4) is 0 Å². The number of hydrogen-bond acceptors (Lipinski definition) is 5. The molecule has 1 aliphatic heterocycles. The summed E-state index contributed by atoms with van der Waals surface area (Å²) in [5.41, 5.74) is 1.61. The average molecular weight is 337 g/mol. The maximum Gasteiger partial charge on any atom is 0.331 e. The van der Waals surface area contributed by atoms with Crippen LogP contribution in [0.25, 0.3) is 6.08 Å². The van der Waals surface area contributed by atoms with Gasteiger partial charge in [-0.2, -0.15) is 0 Å². The second-order valence-electron chi connectivity index (χ2n) is 5.32. The lowest BCUT2D eigenvalue weighted by molar-refractivity contribution is -0.136. The van der Waals surface area contributed by atoms with Crippen molar-refractivity contribution in [2.45, 2.75) is 0 Å². The predicted octanol–water partition coefficient (Wildman–Crippen LogP) is 2.46. The van der Waals surface area contributed by atoms with Gasteiger partial charge in [0.05, 0.1) is 5.69 Å². The van der Waals surface area contributed by atoms with E-state index < -0.39 is 5.97 Å². The zero-order chi connectivity index (χ0) is 17.6. The Morgan fingerprint density at radius 1 is 1.16 bits per heavy atom. The summed E-state index contributed by atoms with van der Waals surface area (Å²) in [4.78, 5) is 35.1. The lowest BCUT2D eigenvalue weighted by atomic mass is 10.1. The Hall–Kier alpha value is -3.41. The fraction of sp³-hybridized carbons (Fsp3) is 0.105. The SMILES string of the molecule is O=C1COc2ccc(C(=O)COC(=O)/C=C/c3ccccc3)cc2N1. The molecule has 1 N–H and O–H groups in total. The molecule has 0 saturated heterocycles. The van der Waals surface area contributed by atoms with Gasteiger partial charge in [-0.05, 0) is 29.8 Å². The molecule has 0 radical (unpaired) electrons. The van der Waals surface area contributed by atoms with Crippen LogP contribution >= 0.6 is 0 Å². The molecule has 6 nitrogen and oxygen atoms in total. The van der Waals surface area contributed by atoms with Gasteiger partial charge in [0.1, 0.15) is 5.75 Å². The van der Waals surface area contributed by atoms with Crippen molar-refractivity contribution in [2.75, 3.05) is 18.5 Å². The molecule has 6 heteroatoms. The van der Waals surface area contributed by atoms with Crippen LogP contribution in [-0.2, 0) is 14.3 Å². The van der Waals surface area contributed by atoms with Crippen molar-refractivity contribution >= 4 is 29.4 Å². The minimum absolute atomic E-state index is 0.0499. The number of fused-ring (bicyclic) bond motifs is 1. The van der Waals surface area contributed by atoms with E-state index in [1.807, 2.05) is 30.3 Å².